The minimum absolute atomic E-state index is 0. The van der Waals surface area contributed by atoms with Crippen molar-refractivity contribution >= 4 is 49.5 Å². The van der Waals surface area contributed by atoms with E-state index in [4.69, 9.17) is 11.1 Å². The molecule has 0 spiro atoms. The largest absolute Gasteiger partial charge is 1.00 e. The molecule has 13 nitrogen and oxygen atoms in total. The third kappa shape index (κ3) is 7.24. The summed E-state index contributed by atoms with van der Waals surface area (Å²) in [6.45, 7) is 0. The van der Waals surface area contributed by atoms with Crippen LogP contribution >= 0.6 is 23.5 Å². The van der Waals surface area contributed by atoms with Gasteiger partial charge in [0.15, 0.2) is 0 Å². The number of Topliss-reactive ketones (excluding diaryl/α,β-unsaturated/α-hetero) is 1. The van der Waals surface area contributed by atoms with Crippen LogP contribution in [0, 0.1) is 11.8 Å². The van der Waals surface area contributed by atoms with Crippen LogP contribution in [0.15, 0.2) is 32.4 Å². The maximum absolute atomic E-state index is 13.2. The Morgan fingerprint density at radius 2 is 1.26 bits per heavy atom. The molecule has 0 radical (unpaired) electrons. The van der Waals surface area contributed by atoms with Crippen molar-refractivity contribution in [1.29, 1.82) is 0 Å². The van der Waals surface area contributed by atoms with Gasteiger partial charge in [-0.25, -0.2) is 16.8 Å². The molecule has 35 heavy (non-hydrogen) atoms. The van der Waals surface area contributed by atoms with Gasteiger partial charge in [-0.05, 0) is 47.6 Å². The predicted molar refractivity (Wildman–Crippen MR) is 119 cm³/mol. The molecule has 0 bridgehead atoms. The van der Waals surface area contributed by atoms with Crippen LogP contribution in [0.2, 0.25) is 0 Å². The monoisotopic (exact) mass is 580 g/mol. The molecule has 1 saturated carbocycles. The summed E-state index contributed by atoms with van der Waals surface area (Å²) in [4.78, 5) is 18.4. The second-order valence-corrected chi connectivity index (χ2v) is 14.5. The van der Waals surface area contributed by atoms with Gasteiger partial charge < -0.3 is 9.11 Å². The number of carbonyl (C=O) groups excluding carboxylic acids is 1. The van der Waals surface area contributed by atoms with Gasteiger partial charge in [0.2, 0.25) is 0 Å². The van der Waals surface area contributed by atoms with E-state index in [1.165, 1.54) is 10.8 Å². The number of ketones is 1. The van der Waals surface area contributed by atoms with E-state index in [9.17, 15) is 30.7 Å². The Labute approximate surface area is 255 Å². The summed E-state index contributed by atoms with van der Waals surface area (Å²) in [6, 6.07) is 0. The van der Waals surface area contributed by atoms with Crippen LogP contribution in [0.5, 0.6) is 0 Å². The predicted octanol–water partition coefficient (Wildman–Crippen LogP) is -2.18. The van der Waals surface area contributed by atoms with E-state index in [2.05, 4.69) is 20.1 Å². The van der Waals surface area contributed by atoms with E-state index in [0.29, 0.717) is 42.8 Å². The Morgan fingerprint density at radius 1 is 0.886 bits per heavy atom. The van der Waals surface area contributed by atoms with Gasteiger partial charge in [-0.1, -0.05) is 16.6 Å². The van der Waals surface area contributed by atoms with Crippen molar-refractivity contribution in [2.75, 3.05) is 0 Å². The summed E-state index contributed by atoms with van der Waals surface area (Å²) in [5.74, 6) is -2.11. The third-order valence-corrected chi connectivity index (χ3v) is 12.5. The Kier molecular flexibility index (Phi) is 12.3. The van der Waals surface area contributed by atoms with Crippen LogP contribution in [0.1, 0.15) is 44.9 Å². The van der Waals surface area contributed by atoms with E-state index >= 15 is 0 Å². The first-order chi connectivity index (χ1) is 15.4. The van der Waals surface area contributed by atoms with Crippen molar-refractivity contribution in [2.24, 2.45) is 22.1 Å². The Balaban J connectivity index is 0.00000306. The number of carbonyl (C=O) groups is 1. The summed E-state index contributed by atoms with van der Waals surface area (Å²) >= 11 is 1.40. The van der Waals surface area contributed by atoms with Gasteiger partial charge in [-0.3, -0.25) is 4.79 Å². The molecular formula is C16H18N6Na2O7S4. The normalized spacial score (nSPS) is 30.6. The summed E-state index contributed by atoms with van der Waals surface area (Å²) in [5, 5.41) is 9.33. The van der Waals surface area contributed by atoms with Crippen molar-refractivity contribution in [1.82, 2.24) is 0 Å². The zero-order chi connectivity index (χ0) is 24.5. The van der Waals surface area contributed by atoms with E-state index in [0.717, 1.165) is 0 Å². The Bertz CT molecular complexity index is 1140. The van der Waals surface area contributed by atoms with Gasteiger partial charge in [0.1, 0.15) is 34.2 Å². The molecule has 0 aromatic carbocycles. The fourth-order valence-electron chi connectivity index (χ4n) is 4.43. The summed E-state index contributed by atoms with van der Waals surface area (Å²) in [5.41, 5.74) is 17.4. The fraction of sp³-hybridized carbons (Fsp3) is 0.688. The van der Waals surface area contributed by atoms with Gasteiger partial charge in [0.05, 0.1) is 0 Å². The zero-order valence-corrected chi connectivity index (χ0v) is 26.2. The van der Waals surface area contributed by atoms with Crippen LogP contribution < -0.4 is 59.1 Å². The summed E-state index contributed by atoms with van der Waals surface area (Å²) in [6.07, 6.45) is -0.231. The number of thioether (sulfide) groups is 2. The maximum Gasteiger partial charge on any atom is 1.00 e. The number of hydrogen-bond acceptors (Lipinski definition) is 11. The molecule has 2 heterocycles. The van der Waals surface area contributed by atoms with Crippen molar-refractivity contribution in [3.63, 3.8) is 0 Å². The van der Waals surface area contributed by atoms with Crippen LogP contribution in [-0.2, 0) is 25.0 Å². The molecule has 1 fully saturated rings. The van der Waals surface area contributed by atoms with Gasteiger partial charge in [0, 0.05) is 45.9 Å². The SMILES string of the molecule is [N-]=[N+]=NC1=CSC(CC2CCCC(CC3(S(=O)(=O)[O-])CC(N=[N+]=[N-])=CS3)C2=O)(S(=O)(=O)[O-])C1.[Na+].[Na+]. The average Bonchev–Trinajstić information content (AvgIpc) is 3.31. The molecule has 3 aliphatic rings. The first-order valence-electron chi connectivity index (χ1n) is 9.65. The first kappa shape index (κ1) is 33.3. The van der Waals surface area contributed by atoms with Gasteiger partial charge in [0.25, 0.3) is 0 Å². The summed E-state index contributed by atoms with van der Waals surface area (Å²) < 4.78 is 68.8. The van der Waals surface area contributed by atoms with Gasteiger partial charge in [-0.2, -0.15) is 0 Å². The molecule has 4 unspecified atom stereocenters. The molecule has 2 aliphatic heterocycles. The smallest absolute Gasteiger partial charge is 0.747 e. The molecule has 19 heteroatoms. The minimum Gasteiger partial charge on any atom is -0.747 e. The van der Waals surface area contributed by atoms with Crippen molar-refractivity contribution in [3.05, 3.63) is 43.1 Å². The van der Waals surface area contributed by atoms with E-state index in [1.54, 1.807) is 0 Å². The molecule has 3 rings (SSSR count). The van der Waals surface area contributed by atoms with Crippen LogP contribution in [0.25, 0.3) is 20.9 Å². The third-order valence-electron chi connectivity index (χ3n) is 6.00. The topological polar surface area (TPSA) is 229 Å². The molecule has 4 atom stereocenters. The second kappa shape index (κ2) is 12.9. The number of allylic oxidation sites excluding steroid dienone is 2. The number of hydrogen-bond donors (Lipinski definition) is 0. The summed E-state index contributed by atoms with van der Waals surface area (Å²) in [7, 11) is -9.81. The quantitative estimate of drug-likeness (QED) is 0.0997. The van der Waals surface area contributed by atoms with Crippen LogP contribution in [0.3, 0.4) is 0 Å². The molecule has 0 aromatic rings. The van der Waals surface area contributed by atoms with E-state index in [-0.39, 0.29) is 96.2 Å². The molecule has 180 valence electrons. The maximum atomic E-state index is 13.2. The van der Waals surface area contributed by atoms with Crippen molar-refractivity contribution in [2.45, 2.75) is 53.1 Å². The standard InChI is InChI=1S/C16H20N6O7S4.2Na/c17-21-19-12-6-15(30-8-12,32(24,25)26)4-10-2-1-3-11(14(10)23)5-16(33(27,28)29)7-13(9-31-16)20-22-18;;/h8-11H,1-7H2,(H,24,25,26)(H,27,28,29);;/q;2*+1/p-2. The molecule has 0 amide bonds. The number of nitrogens with zero attached hydrogens (tertiary/aromatic N) is 6. The molecule has 0 aromatic heterocycles. The first-order valence-corrected chi connectivity index (χ1v) is 14.2. The molecular weight excluding hydrogens is 562 g/mol. The van der Waals surface area contributed by atoms with E-state index < -0.39 is 46.0 Å². The van der Waals surface area contributed by atoms with Crippen LogP contribution in [-0.4, -0.2) is 39.9 Å². The molecule has 0 saturated heterocycles. The van der Waals surface area contributed by atoms with Gasteiger partial charge >= 0.3 is 59.1 Å². The average molecular weight is 581 g/mol. The molecule has 1 aliphatic carbocycles. The van der Waals surface area contributed by atoms with Crippen molar-refractivity contribution < 1.29 is 89.9 Å². The van der Waals surface area contributed by atoms with Crippen molar-refractivity contribution in [3.8, 4) is 0 Å². The zero-order valence-electron chi connectivity index (χ0n) is 18.9. The Hall–Kier alpha value is 0.290. The Morgan fingerprint density at radius 3 is 1.57 bits per heavy atom. The number of azide groups is 2. The van der Waals surface area contributed by atoms with Crippen LogP contribution in [0.4, 0.5) is 0 Å². The molecule has 0 N–H and O–H groups in total. The van der Waals surface area contributed by atoms with E-state index in [1.807, 2.05) is 0 Å². The minimum atomic E-state index is -4.91. The second-order valence-electron chi connectivity index (χ2n) is 8.05. The fourth-order valence-corrected chi connectivity index (χ4v) is 9.14. The van der Waals surface area contributed by atoms with Gasteiger partial charge in [-0.15, -0.1) is 23.5 Å². The number of rotatable bonds is 8.